The van der Waals surface area contributed by atoms with Crippen LogP contribution >= 0.6 is 0 Å². The molecular weight excluding hydrogens is 450 g/mol. The summed E-state index contributed by atoms with van der Waals surface area (Å²) in [4.78, 5) is 28.3. The Labute approximate surface area is 220 Å². The maximum absolute atomic E-state index is 12.6. The van der Waals surface area contributed by atoms with Crippen LogP contribution < -0.4 is 5.73 Å². The summed E-state index contributed by atoms with van der Waals surface area (Å²) in [5.41, 5.74) is 7.39. The van der Waals surface area contributed by atoms with Gasteiger partial charge in [-0.05, 0) is 31.5 Å². The zero-order valence-electron chi connectivity index (χ0n) is 24.4. The Morgan fingerprint density at radius 2 is 1.78 bits per heavy atom. The van der Waals surface area contributed by atoms with Crippen molar-refractivity contribution >= 4 is 23.5 Å². The van der Waals surface area contributed by atoms with E-state index in [1.54, 1.807) is 7.11 Å². The number of nitrogens with zero attached hydrogens (tertiary/aromatic N) is 4. The van der Waals surface area contributed by atoms with Crippen molar-refractivity contribution in [1.29, 1.82) is 0 Å². The third-order valence-corrected chi connectivity index (χ3v) is 5.92. The van der Waals surface area contributed by atoms with Gasteiger partial charge in [0, 0.05) is 26.0 Å². The first-order valence-corrected chi connectivity index (χ1v) is 13.8. The Hall–Kier alpha value is -2.54. The molecule has 0 saturated heterocycles. The van der Waals surface area contributed by atoms with Crippen molar-refractivity contribution in [3.8, 4) is 0 Å². The summed E-state index contributed by atoms with van der Waals surface area (Å²) in [6, 6.07) is 0.205. The predicted octanol–water partition coefficient (Wildman–Crippen LogP) is 5.77. The first-order chi connectivity index (χ1) is 17.5. The minimum Gasteiger partial charge on any atom is -0.386 e. The molecule has 7 nitrogen and oxygen atoms in total. The van der Waals surface area contributed by atoms with Gasteiger partial charge in [0.1, 0.15) is 11.5 Å². The molecule has 4 aliphatic rings. The summed E-state index contributed by atoms with van der Waals surface area (Å²) in [5.74, 6) is 0.891. The normalized spacial score (nSPS) is 27.1. The summed E-state index contributed by atoms with van der Waals surface area (Å²) < 4.78 is 5.13. The van der Waals surface area contributed by atoms with Gasteiger partial charge >= 0.3 is 0 Å². The van der Waals surface area contributed by atoms with Crippen molar-refractivity contribution in [2.45, 2.75) is 99.4 Å². The minimum atomic E-state index is -0.302. The minimum absolute atomic E-state index is 0.0193. The number of ether oxygens (including phenoxy) is 1. The number of rotatable bonds is 5. The van der Waals surface area contributed by atoms with Crippen molar-refractivity contribution in [3.05, 3.63) is 36.1 Å². The molecule has 0 aromatic carbocycles. The summed E-state index contributed by atoms with van der Waals surface area (Å²) in [6.45, 7) is 19.4. The van der Waals surface area contributed by atoms with Crippen LogP contribution in [-0.2, 0) is 9.53 Å². The Morgan fingerprint density at radius 3 is 2.36 bits per heavy atom. The maximum atomic E-state index is 12.6. The lowest BCUT2D eigenvalue weighted by atomic mass is 9.78. The Kier molecular flexibility index (Phi) is 16.6. The summed E-state index contributed by atoms with van der Waals surface area (Å²) in [5, 5.41) is 0. The quantitative estimate of drug-likeness (QED) is 0.518. The lowest BCUT2D eigenvalue weighted by Crippen LogP contribution is -2.54. The number of nitrogens with two attached hydrogens (primary N) is 1. The number of carbonyl (C=O) groups excluding carboxylic acids is 1. The van der Waals surface area contributed by atoms with Gasteiger partial charge in [0.25, 0.3) is 0 Å². The number of hydrogen-bond donors (Lipinski definition) is 1. The van der Waals surface area contributed by atoms with Gasteiger partial charge in [0.2, 0.25) is 0 Å². The molecule has 0 spiro atoms. The van der Waals surface area contributed by atoms with Crippen molar-refractivity contribution in [1.82, 2.24) is 4.90 Å². The summed E-state index contributed by atoms with van der Waals surface area (Å²) >= 11 is 0. The number of allylic oxidation sites excluding steroid dienone is 3. The van der Waals surface area contributed by atoms with Crippen LogP contribution in [0.25, 0.3) is 0 Å². The molecule has 0 radical (unpaired) electrons. The van der Waals surface area contributed by atoms with Crippen LogP contribution in [0, 0.1) is 5.92 Å². The van der Waals surface area contributed by atoms with E-state index < -0.39 is 0 Å². The number of Topliss-reactive ketones (excluding diaryl/α,β-unsaturated/α-hetero) is 1. The van der Waals surface area contributed by atoms with Gasteiger partial charge in [-0.3, -0.25) is 19.8 Å². The fourth-order valence-electron chi connectivity index (χ4n) is 4.28. The molecule has 0 fully saturated rings. The van der Waals surface area contributed by atoms with Gasteiger partial charge in [0.05, 0.1) is 24.3 Å². The lowest BCUT2D eigenvalue weighted by Gasteiger charge is -2.43. The zero-order valence-corrected chi connectivity index (χ0v) is 24.4. The van der Waals surface area contributed by atoms with Crippen LogP contribution in [0.4, 0.5) is 0 Å². The smallest absolute Gasteiger partial charge is 0.186 e. The Bertz CT molecular complexity index is 841. The highest BCUT2D eigenvalue weighted by molar-refractivity contribution is 6.61. The molecule has 0 aromatic rings. The van der Waals surface area contributed by atoms with Crippen LogP contribution in [0.3, 0.4) is 0 Å². The average molecular weight is 502 g/mol. The predicted molar refractivity (Wildman–Crippen MR) is 156 cm³/mol. The van der Waals surface area contributed by atoms with Gasteiger partial charge in [-0.25, -0.2) is 0 Å². The number of carbonyl (C=O) groups is 1. The number of fused-ring (bicyclic) bond motifs is 1. The van der Waals surface area contributed by atoms with E-state index in [1.165, 1.54) is 6.21 Å². The fraction of sp³-hybridized carbons (Fsp3) is 0.655. The molecule has 0 bridgehead atoms. The molecule has 1 unspecified atom stereocenters. The third kappa shape index (κ3) is 8.84. The van der Waals surface area contributed by atoms with Crippen LogP contribution in [0.1, 0.15) is 81.6 Å². The van der Waals surface area contributed by atoms with E-state index in [0.29, 0.717) is 24.5 Å². The number of amidine groups is 1. The molecule has 2 N–H and O–H groups in total. The Balaban J connectivity index is 0.00000140. The lowest BCUT2D eigenvalue weighted by molar-refractivity contribution is -0.112. The first kappa shape index (κ1) is 33.5. The highest BCUT2D eigenvalue weighted by atomic mass is 16.5. The van der Waals surface area contributed by atoms with E-state index in [9.17, 15) is 4.79 Å². The monoisotopic (exact) mass is 501 g/mol. The molecule has 0 amide bonds. The highest BCUT2D eigenvalue weighted by Gasteiger charge is 2.41. The second-order valence-electron chi connectivity index (χ2n) is 7.98. The number of ketones is 1. The molecule has 3 heterocycles. The maximum Gasteiger partial charge on any atom is 0.186 e. The van der Waals surface area contributed by atoms with Crippen LogP contribution in [0.15, 0.2) is 51.1 Å². The van der Waals surface area contributed by atoms with Crippen molar-refractivity contribution in [2.75, 3.05) is 20.2 Å². The number of aliphatic imine (C=N–C) groups is 3. The van der Waals surface area contributed by atoms with E-state index in [1.807, 2.05) is 61.5 Å². The molecule has 1 aliphatic carbocycles. The summed E-state index contributed by atoms with van der Waals surface area (Å²) in [6.07, 6.45) is 14.0. The number of hydrogen-bond acceptors (Lipinski definition) is 7. The van der Waals surface area contributed by atoms with Crippen LogP contribution in [0.2, 0.25) is 0 Å². The van der Waals surface area contributed by atoms with E-state index >= 15 is 0 Å². The molecule has 3 aliphatic heterocycles. The highest BCUT2D eigenvalue weighted by Crippen LogP contribution is 2.36. The van der Waals surface area contributed by atoms with Crippen molar-refractivity contribution in [3.63, 3.8) is 0 Å². The first-order valence-electron chi connectivity index (χ1n) is 13.8. The van der Waals surface area contributed by atoms with Crippen molar-refractivity contribution < 1.29 is 9.53 Å². The average Bonchev–Trinajstić information content (AvgIpc) is 3.42. The largest absolute Gasteiger partial charge is 0.386 e. The van der Waals surface area contributed by atoms with Gasteiger partial charge in [-0.15, -0.1) is 0 Å². The second-order valence-corrected chi connectivity index (χ2v) is 7.98. The van der Waals surface area contributed by atoms with Crippen LogP contribution in [0.5, 0.6) is 0 Å². The molecule has 204 valence electrons. The molecule has 4 rings (SSSR count). The zero-order chi connectivity index (χ0) is 27.7. The van der Waals surface area contributed by atoms with Gasteiger partial charge < -0.3 is 15.4 Å². The molecule has 4 atom stereocenters. The molecular formula is C29H51N5O2. The molecule has 36 heavy (non-hydrogen) atoms. The summed E-state index contributed by atoms with van der Waals surface area (Å²) in [7, 11) is 1.59. The topological polar surface area (TPSA) is 92.6 Å². The van der Waals surface area contributed by atoms with Gasteiger partial charge in [-0.2, -0.15) is 0 Å². The molecule has 0 saturated carbocycles. The van der Waals surface area contributed by atoms with Gasteiger partial charge in [0.15, 0.2) is 12.0 Å². The van der Waals surface area contributed by atoms with E-state index in [-0.39, 0.29) is 29.5 Å². The second kappa shape index (κ2) is 17.8. The molecule has 0 aromatic heterocycles. The Morgan fingerprint density at radius 1 is 1.11 bits per heavy atom. The van der Waals surface area contributed by atoms with Crippen molar-refractivity contribution in [2.24, 2.45) is 26.6 Å². The standard InChI is InChI=1S/C21H27N5O2.4C2H6/c1-21(13-26-8-4-7-17(26)20(22)25-21)15-6-3-5-14(9-15)10-18(27)16-11-24-19(28-2)12-23-16;4*1-2/h3-5,8-9,11,15,17,19H,6-7,10,12-13H2,1-2H3,(H2,22,25);4*1-2H3/t15-,17-,19?,21-;;;;/m1..../s1. The van der Waals surface area contributed by atoms with Crippen LogP contribution in [-0.4, -0.2) is 66.5 Å². The SMILES string of the molecule is CC.CC.CC.CC.COC1CN=C(C(=O)CC2=C[C@H]([C@@]3(C)CN4C=CC[C@@H]4C(N)=N3)CC=C2)C=N1. The van der Waals surface area contributed by atoms with Gasteiger partial charge in [-0.1, -0.05) is 79.7 Å². The third-order valence-electron chi connectivity index (χ3n) is 5.92. The fourth-order valence-corrected chi connectivity index (χ4v) is 4.28. The van der Waals surface area contributed by atoms with E-state index in [2.05, 4.69) is 46.2 Å². The van der Waals surface area contributed by atoms with E-state index in [0.717, 1.165) is 25.0 Å². The number of methoxy groups -OCH3 is 1. The van der Waals surface area contributed by atoms with E-state index in [4.69, 9.17) is 15.5 Å². The molecule has 7 heteroatoms.